The quantitative estimate of drug-likeness (QED) is 0.387. The molecule has 1 amide bonds. The van der Waals surface area contributed by atoms with Gasteiger partial charge in [0.25, 0.3) is 5.91 Å². The van der Waals surface area contributed by atoms with Crippen molar-refractivity contribution < 1.29 is 9.53 Å². The topological polar surface area (TPSA) is 73.4 Å². The molecule has 0 unspecified atom stereocenters. The molecule has 0 saturated carbocycles. The summed E-state index contributed by atoms with van der Waals surface area (Å²) >= 11 is 13.8. The Labute approximate surface area is 203 Å². The minimum atomic E-state index is -0.159. The second kappa shape index (κ2) is 9.43. The number of nitrogens with zero attached hydrogens (tertiary/aromatic N) is 4. The van der Waals surface area contributed by atoms with Gasteiger partial charge in [-0.2, -0.15) is 0 Å². The van der Waals surface area contributed by atoms with E-state index >= 15 is 0 Å². The van der Waals surface area contributed by atoms with Gasteiger partial charge in [-0.25, -0.2) is 9.98 Å². The number of hydrogen-bond acceptors (Lipinski definition) is 5. The van der Waals surface area contributed by atoms with Crippen molar-refractivity contribution in [2.45, 2.75) is 19.5 Å². The van der Waals surface area contributed by atoms with Gasteiger partial charge < -0.3 is 19.2 Å². The molecule has 2 aromatic heterocycles. The third-order valence-electron chi connectivity index (χ3n) is 5.19. The molecule has 168 valence electrons. The van der Waals surface area contributed by atoms with Gasteiger partial charge in [0.05, 0.1) is 33.4 Å². The minimum absolute atomic E-state index is 0.0335. The Morgan fingerprint density at radius 2 is 2.06 bits per heavy atom. The number of carbonyl (C=O) groups excluding carboxylic acids is 1. The molecule has 0 spiro atoms. The molecule has 2 aromatic carbocycles. The second-order valence-corrected chi connectivity index (χ2v) is 9.12. The minimum Gasteiger partial charge on any atom is -0.482 e. The standard InChI is InChI=1S/C23H19Cl2N5O2S/c24-17-4-3-16(11-18(17)25)27-23-30(8-1-7-29-9-6-26-14-29)20(13-33-23)15-2-5-21-19(10-15)28-22(31)12-32-21/h2-6,9-11,13-14H,1,7-8,12H2,(H,28,31). The number of aromatic nitrogens is 3. The number of fused-ring (bicyclic) bond motifs is 1. The zero-order chi connectivity index (χ0) is 22.8. The van der Waals surface area contributed by atoms with Gasteiger partial charge in [-0.15, -0.1) is 11.3 Å². The van der Waals surface area contributed by atoms with Crippen molar-refractivity contribution in [2.24, 2.45) is 4.99 Å². The van der Waals surface area contributed by atoms with Gasteiger partial charge in [0, 0.05) is 36.4 Å². The van der Waals surface area contributed by atoms with Crippen molar-refractivity contribution >= 4 is 51.8 Å². The summed E-state index contributed by atoms with van der Waals surface area (Å²) in [4.78, 5) is 21.5. The highest BCUT2D eigenvalue weighted by Crippen LogP contribution is 2.33. The summed E-state index contributed by atoms with van der Waals surface area (Å²) in [6, 6.07) is 11.2. The molecular formula is C23H19Cl2N5O2S. The van der Waals surface area contributed by atoms with Gasteiger partial charge in [0.15, 0.2) is 11.4 Å². The van der Waals surface area contributed by atoms with Crippen LogP contribution in [0.5, 0.6) is 5.75 Å². The summed E-state index contributed by atoms with van der Waals surface area (Å²) in [7, 11) is 0. The predicted octanol–water partition coefficient (Wildman–Crippen LogP) is 5.37. The summed E-state index contributed by atoms with van der Waals surface area (Å²) in [6.45, 7) is 1.62. The molecule has 0 atom stereocenters. The molecular weight excluding hydrogens is 481 g/mol. The Hall–Kier alpha value is -3.07. The van der Waals surface area contributed by atoms with Crippen molar-refractivity contribution in [2.75, 3.05) is 11.9 Å². The second-order valence-electron chi connectivity index (χ2n) is 7.47. The lowest BCUT2D eigenvalue weighted by molar-refractivity contribution is -0.118. The van der Waals surface area contributed by atoms with Crippen LogP contribution < -0.4 is 14.9 Å². The molecule has 1 aliphatic heterocycles. The van der Waals surface area contributed by atoms with Gasteiger partial charge in [-0.05, 0) is 42.8 Å². The highest BCUT2D eigenvalue weighted by atomic mass is 35.5. The van der Waals surface area contributed by atoms with Crippen molar-refractivity contribution in [3.8, 4) is 17.0 Å². The number of thiazole rings is 1. The average molecular weight is 500 g/mol. The van der Waals surface area contributed by atoms with Crippen molar-refractivity contribution in [1.29, 1.82) is 0 Å². The molecule has 5 rings (SSSR count). The van der Waals surface area contributed by atoms with E-state index in [9.17, 15) is 4.79 Å². The smallest absolute Gasteiger partial charge is 0.262 e. The Balaban J connectivity index is 1.53. The molecule has 0 aliphatic carbocycles. The van der Waals surface area contributed by atoms with Crippen LogP contribution >= 0.6 is 34.5 Å². The summed E-state index contributed by atoms with van der Waals surface area (Å²) in [5.74, 6) is 0.509. The van der Waals surface area contributed by atoms with E-state index < -0.39 is 0 Å². The monoisotopic (exact) mass is 499 g/mol. The molecule has 10 heteroatoms. The molecule has 0 saturated heterocycles. The number of halogens is 2. The van der Waals surface area contributed by atoms with E-state index in [0.29, 0.717) is 21.5 Å². The van der Waals surface area contributed by atoms with Crippen LogP contribution in [0.25, 0.3) is 11.3 Å². The fourth-order valence-electron chi connectivity index (χ4n) is 3.60. The largest absolute Gasteiger partial charge is 0.482 e. The highest BCUT2D eigenvalue weighted by Gasteiger charge is 2.18. The number of carbonyl (C=O) groups is 1. The number of ether oxygens (including phenoxy) is 1. The summed E-state index contributed by atoms with van der Waals surface area (Å²) in [5, 5.41) is 5.91. The van der Waals surface area contributed by atoms with Crippen LogP contribution in [0.2, 0.25) is 10.0 Å². The van der Waals surface area contributed by atoms with Gasteiger partial charge in [-0.1, -0.05) is 23.2 Å². The van der Waals surface area contributed by atoms with E-state index in [1.807, 2.05) is 41.4 Å². The van der Waals surface area contributed by atoms with Gasteiger partial charge in [0.1, 0.15) is 5.75 Å². The Morgan fingerprint density at radius 1 is 1.15 bits per heavy atom. The number of amides is 1. The van der Waals surface area contributed by atoms with Gasteiger partial charge in [0.2, 0.25) is 0 Å². The number of rotatable bonds is 6. The molecule has 0 fully saturated rings. The van der Waals surface area contributed by atoms with Crippen molar-refractivity contribution in [3.63, 3.8) is 0 Å². The SMILES string of the molecule is O=C1COc2ccc(-c3csc(=Nc4ccc(Cl)c(Cl)c4)n3CCCn3ccnc3)cc2N1. The first kappa shape index (κ1) is 21.8. The first-order chi connectivity index (χ1) is 16.1. The van der Waals surface area contributed by atoms with E-state index in [1.165, 1.54) is 0 Å². The Kier molecular flexibility index (Phi) is 6.22. The first-order valence-electron chi connectivity index (χ1n) is 10.3. The molecule has 0 bridgehead atoms. The molecule has 7 nitrogen and oxygen atoms in total. The summed E-state index contributed by atoms with van der Waals surface area (Å²) < 4.78 is 9.73. The summed E-state index contributed by atoms with van der Waals surface area (Å²) in [6.07, 6.45) is 6.43. The van der Waals surface area contributed by atoms with Crippen LogP contribution in [-0.2, 0) is 17.9 Å². The van der Waals surface area contributed by atoms with Crippen LogP contribution in [0.15, 0.2) is 65.5 Å². The normalized spacial score (nSPS) is 13.5. The van der Waals surface area contributed by atoms with Gasteiger partial charge >= 0.3 is 0 Å². The lowest BCUT2D eigenvalue weighted by Gasteiger charge is -2.19. The maximum Gasteiger partial charge on any atom is 0.262 e. The van der Waals surface area contributed by atoms with Crippen LogP contribution in [0.1, 0.15) is 6.42 Å². The fraction of sp³-hybridized carbons (Fsp3) is 0.174. The summed E-state index contributed by atoms with van der Waals surface area (Å²) in [5.41, 5.74) is 3.37. The Morgan fingerprint density at radius 3 is 2.88 bits per heavy atom. The van der Waals surface area contributed by atoms with E-state index in [2.05, 4.69) is 20.2 Å². The third-order valence-corrected chi connectivity index (χ3v) is 6.79. The number of imidazole rings is 1. The fourth-order valence-corrected chi connectivity index (χ4v) is 4.85. The molecule has 3 heterocycles. The number of aryl methyl sites for hydroxylation is 1. The zero-order valence-corrected chi connectivity index (χ0v) is 19.7. The molecule has 1 aliphatic rings. The average Bonchev–Trinajstić information content (AvgIpc) is 3.46. The predicted molar refractivity (Wildman–Crippen MR) is 130 cm³/mol. The lowest BCUT2D eigenvalue weighted by atomic mass is 10.1. The number of hydrogen-bond donors (Lipinski definition) is 1. The van der Waals surface area contributed by atoms with Crippen molar-refractivity contribution in [1.82, 2.24) is 14.1 Å². The van der Waals surface area contributed by atoms with E-state index in [4.69, 9.17) is 32.9 Å². The molecule has 1 N–H and O–H groups in total. The maximum absolute atomic E-state index is 11.8. The molecule has 4 aromatic rings. The lowest BCUT2D eigenvalue weighted by Crippen LogP contribution is -2.25. The van der Waals surface area contributed by atoms with Crippen molar-refractivity contribution in [3.05, 3.63) is 75.3 Å². The first-order valence-corrected chi connectivity index (χ1v) is 11.9. The zero-order valence-electron chi connectivity index (χ0n) is 17.4. The van der Waals surface area contributed by atoms with Crippen LogP contribution in [-0.4, -0.2) is 26.6 Å². The molecule has 0 radical (unpaired) electrons. The van der Waals surface area contributed by atoms with Gasteiger partial charge in [-0.3, -0.25) is 4.79 Å². The number of anilines is 1. The van der Waals surface area contributed by atoms with Crippen LogP contribution in [0.3, 0.4) is 0 Å². The van der Waals surface area contributed by atoms with E-state index in [0.717, 1.165) is 41.3 Å². The number of nitrogens with one attached hydrogen (secondary N) is 1. The third kappa shape index (κ3) is 4.83. The van der Waals surface area contributed by atoms with E-state index in [1.54, 1.807) is 29.7 Å². The Bertz CT molecular complexity index is 1380. The molecule has 33 heavy (non-hydrogen) atoms. The maximum atomic E-state index is 11.8. The van der Waals surface area contributed by atoms with Crippen LogP contribution in [0, 0.1) is 0 Å². The van der Waals surface area contributed by atoms with E-state index in [-0.39, 0.29) is 12.5 Å². The van der Waals surface area contributed by atoms with Crippen LogP contribution in [0.4, 0.5) is 11.4 Å². The number of benzene rings is 2. The highest BCUT2D eigenvalue weighted by molar-refractivity contribution is 7.07.